The molecule has 0 radical (unpaired) electrons. The summed E-state index contributed by atoms with van der Waals surface area (Å²) in [5, 5.41) is 0. The molecule has 0 aliphatic rings. The van der Waals surface area contributed by atoms with Crippen LogP contribution in [0.4, 0.5) is 4.39 Å². The SMILES string of the molecule is COc1cccc(C(C)(C)C)n1.COc1ccnc(C(C)(C)C)c1.Cc1ccc(C(C)(C)C)c(F)c1. The van der Waals surface area contributed by atoms with E-state index in [1.807, 2.05) is 70.2 Å². The van der Waals surface area contributed by atoms with Crippen molar-refractivity contribution in [2.75, 3.05) is 14.2 Å². The molecule has 0 atom stereocenters. The van der Waals surface area contributed by atoms with Crippen LogP contribution in [0.5, 0.6) is 11.6 Å². The van der Waals surface area contributed by atoms with Crippen molar-refractivity contribution < 1.29 is 13.9 Å². The molecule has 2 heterocycles. The molecular formula is C31H45FN2O2. The fourth-order valence-corrected chi connectivity index (χ4v) is 3.12. The average molecular weight is 497 g/mol. The number of rotatable bonds is 2. The molecule has 1 aromatic carbocycles. The second-order valence-electron chi connectivity index (χ2n) is 11.9. The summed E-state index contributed by atoms with van der Waals surface area (Å²) in [6, 6.07) is 15.1. The van der Waals surface area contributed by atoms with E-state index < -0.39 is 0 Å². The molecule has 4 nitrogen and oxygen atoms in total. The van der Waals surface area contributed by atoms with Gasteiger partial charge in [0.15, 0.2) is 0 Å². The lowest BCUT2D eigenvalue weighted by Gasteiger charge is -2.19. The maximum atomic E-state index is 13.3. The van der Waals surface area contributed by atoms with E-state index in [4.69, 9.17) is 9.47 Å². The quantitative estimate of drug-likeness (QED) is 0.359. The number of nitrogens with zero attached hydrogens (tertiary/aromatic N) is 2. The van der Waals surface area contributed by atoms with Gasteiger partial charge in [-0.2, -0.15) is 0 Å². The predicted octanol–water partition coefficient (Wildman–Crippen LogP) is 8.21. The van der Waals surface area contributed by atoms with Gasteiger partial charge in [-0.25, -0.2) is 9.37 Å². The summed E-state index contributed by atoms with van der Waals surface area (Å²) < 4.78 is 23.5. The first-order valence-corrected chi connectivity index (χ1v) is 12.3. The van der Waals surface area contributed by atoms with E-state index in [0.29, 0.717) is 5.88 Å². The van der Waals surface area contributed by atoms with E-state index in [-0.39, 0.29) is 22.1 Å². The summed E-state index contributed by atoms with van der Waals surface area (Å²) in [6.45, 7) is 20.7. The number of ether oxygens (including phenoxy) is 2. The molecule has 2 aromatic heterocycles. The van der Waals surface area contributed by atoms with E-state index in [2.05, 4.69) is 51.5 Å². The van der Waals surface area contributed by atoms with Crippen molar-refractivity contribution in [1.29, 1.82) is 0 Å². The van der Waals surface area contributed by atoms with Crippen molar-refractivity contribution in [3.63, 3.8) is 0 Å². The van der Waals surface area contributed by atoms with Gasteiger partial charge in [0.05, 0.1) is 14.2 Å². The van der Waals surface area contributed by atoms with Crippen LogP contribution in [-0.2, 0) is 16.2 Å². The van der Waals surface area contributed by atoms with Gasteiger partial charge in [0, 0.05) is 40.5 Å². The number of hydrogen-bond acceptors (Lipinski definition) is 4. The zero-order valence-electron chi connectivity index (χ0n) is 24.3. The molecule has 5 heteroatoms. The van der Waals surface area contributed by atoms with Crippen LogP contribution in [0, 0.1) is 12.7 Å². The highest BCUT2D eigenvalue weighted by Crippen LogP contribution is 2.25. The summed E-state index contributed by atoms with van der Waals surface area (Å²) in [4.78, 5) is 8.62. The lowest BCUT2D eigenvalue weighted by molar-refractivity contribution is 0.392. The highest BCUT2D eigenvalue weighted by atomic mass is 19.1. The third kappa shape index (κ3) is 10.3. The van der Waals surface area contributed by atoms with E-state index in [9.17, 15) is 4.39 Å². The molecule has 3 rings (SSSR count). The van der Waals surface area contributed by atoms with E-state index in [1.54, 1.807) is 26.5 Å². The molecule has 0 spiro atoms. The number of hydrogen-bond donors (Lipinski definition) is 0. The van der Waals surface area contributed by atoms with Crippen molar-refractivity contribution in [2.24, 2.45) is 0 Å². The van der Waals surface area contributed by atoms with Crippen LogP contribution in [0.1, 0.15) is 84.8 Å². The Morgan fingerprint density at radius 1 is 0.694 bits per heavy atom. The zero-order chi connectivity index (χ0) is 27.7. The van der Waals surface area contributed by atoms with Gasteiger partial charge in [0.25, 0.3) is 0 Å². The van der Waals surface area contributed by atoms with Crippen LogP contribution in [0.3, 0.4) is 0 Å². The van der Waals surface area contributed by atoms with E-state index in [1.165, 1.54) is 0 Å². The number of benzene rings is 1. The van der Waals surface area contributed by atoms with Crippen molar-refractivity contribution in [1.82, 2.24) is 9.97 Å². The fourth-order valence-electron chi connectivity index (χ4n) is 3.12. The number of methoxy groups -OCH3 is 2. The molecule has 0 aliphatic heterocycles. The van der Waals surface area contributed by atoms with Gasteiger partial charge in [-0.1, -0.05) is 80.5 Å². The Morgan fingerprint density at radius 2 is 1.31 bits per heavy atom. The average Bonchev–Trinajstić information content (AvgIpc) is 2.78. The highest BCUT2D eigenvalue weighted by molar-refractivity contribution is 5.28. The van der Waals surface area contributed by atoms with Crippen LogP contribution < -0.4 is 9.47 Å². The summed E-state index contributed by atoms with van der Waals surface area (Å²) in [7, 11) is 3.30. The second-order valence-corrected chi connectivity index (χ2v) is 11.9. The number of aryl methyl sites for hydroxylation is 1. The molecule has 0 amide bonds. The Morgan fingerprint density at radius 3 is 1.78 bits per heavy atom. The van der Waals surface area contributed by atoms with Gasteiger partial charge in [0.1, 0.15) is 11.6 Å². The summed E-state index contributed by atoms with van der Waals surface area (Å²) in [6.07, 6.45) is 1.78. The maximum Gasteiger partial charge on any atom is 0.213 e. The molecule has 0 unspecified atom stereocenters. The summed E-state index contributed by atoms with van der Waals surface area (Å²) >= 11 is 0. The Balaban J connectivity index is 0.000000270. The Kier molecular flexibility index (Phi) is 11.1. The molecule has 3 aromatic rings. The molecule has 0 saturated heterocycles. The van der Waals surface area contributed by atoms with E-state index in [0.717, 1.165) is 28.3 Å². The lowest BCUT2D eigenvalue weighted by atomic mass is 9.86. The number of aromatic nitrogens is 2. The normalized spacial score (nSPS) is 11.5. The largest absolute Gasteiger partial charge is 0.497 e. The molecule has 0 aliphatic carbocycles. The first-order valence-electron chi connectivity index (χ1n) is 12.3. The Bertz CT molecular complexity index is 1030. The molecule has 0 saturated carbocycles. The van der Waals surface area contributed by atoms with Crippen molar-refractivity contribution in [2.45, 2.75) is 85.5 Å². The van der Waals surface area contributed by atoms with Gasteiger partial charge in [-0.3, -0.25) is 4.98 Å². The minimum atomic E-state index is -0.0994. The van der Waals surface area contributed by atoms with Crippen LogP contribution in [0.25, 0.3) is 0 Å². The summed E-state index contributed by atoms with van der Waals surface area (Å²) in [5.41, 5.74) is 3.96. The van der Waals surface area contributed by atoms with Crippen molar-refractivity contribution in [3.8, 4) is 11.6 Å². The first kappa shape index (κ1) is 31.1. The first-order chi connectivity index (χ1) is 16.5. The topological polar surface area (TPSA) is 44.2 Å². The van der Waals surface area contributed by atoms with Crippen LogP contribution in [-0.4, -0.2) is 24.2 Å². The fraction of sp³-hybridized carbons (Fsp3) is 0.484. The minimum Gasteiger partial charge on any atom is -0.497 e. The zero-order valence-corrected chi connectivity index (χ0v) is 24.3. The Labute approximate surface area is 218 Å². The molecule has 36 heavy (non-hydrogen) atoms. The van der Waals surface area contributed by atoms with Crippen LogP contribution in [0.15, 0.2) is 54.7 Å². The van der Waals surface area contributed by atoms with Gasteiger partial charge in [-0.15, -0.1) is 0 Å². The lowest BCUT2D eigenvalue weighted by Crippen LogP contribution is -2.13. The number of halogens is 1. The highest BCUT2D eigenvalue weighted by Gasteiger charge is 2.18. The van der Waals surface area contributed by atoms with Crippen molar-refractivity contribution >= 4 is 0 Å². The van der Waals surface area contributed by atoms with Crippen LogP contribution in [0.2, 0.25) is 0 Å². The predicted molar refractivity (Wildman–Crippen MR) is 149 cm³/mol. The smallest absolute Gasteiger partial charge is 0.213 e. The monoisotopic (exact) mass is 496 g/mol. The van der Waals surface area contributed by atoms with Gasteiger partial charge in [-0.05, 0) is 41.7 Å². The molecule has 0 N–H and O–H groups in total. The van der Waals surface area contributed by atoms with E-state index >= 15 is 0 Å². The number of pyridine rings is 2. The molecule has 0 fully saturated rings. The Hall–Kier alpha value is -2.95. The maximum absolute atomic E-state index is 13.3. The molecular weight excluding hydrogens is 451 g/mol. The standard InChI is InChI=1S/C11H15F.2C10H15NO/c1-8-5-6-9(10(12)7-8)11(2,3)4;1-10(2,3)9-7-8(12-4)5-6-11-9;1-10(2,3)8-6-5-7-9(11-8)12-4/h3*5-7H,1-4H3. The van der Waals surface area contributed by atoms with Crippen LogP contribution >= 0.6 is 0 Å². The molecule has 198 valence electrons. The summed E-state index contributed by atoms with van der Waals surface area (Å²) in [5.74, 6) is 1.46. The third-order valence-corrected chi connectivity index (χ3v) is 5.37. The van der Waals surface area contributed by atoms with Crippen molar-refractivity contribution in [3.05, 3.63) is 83.1 Å². The molecule has 0 bridgehead atoms. The van der Waals surface area contributed by atoms with Gasteiger partial charge in [0.2, 0.25) is 5.88 Å². The minimum absolute atomic E-state index is 0.0918. The van der Waals surface area contributed by atoms with Gasteiger partial charge < -0.3 is 9.47 Å². The third-order valence-electron chi connectivity index (χ3n) is 5.37. The van der Waals surface area contributed by atoms with Gasteiger partial charge >= 0.3 is 0 Å². The second kappa shape index (κ2) is 12.8.